The summed E-state index contributed by atoms with van der Waals surface area (Å²) in [5, 5.41) is 0. The molecule has 0 unspecified atom stereocenters. The Hall–Kier alpha value is -1.61. The Morgan fingerprint density at radius 2 is 1.57 bits per heavy atom. The van der Waals surface area contributed by atoms with Crippen LogP contribution in [-0.4, -0.2) is 8.78 Å². The van der Waals surface area contributed by atoms with Crippen molar-refractivity contribution in [3.63, 3.8) is 0 Å². The van der Waals surface area contributed by atoms with Gasteiger partial charge in [-0.05, 0) is 24.3 Å². The fourth-order valence-corrected chi connectivity index (χ4v) is 1.47. The fourth-order valence-electron chi connectivity index (χ4n) is 1.24. The van der Waals surface area contributed by atoms with E-state index in [9.17, 15) is 4.21 Å². The van der Waals surface area contributed by atoms with E-state index < -0.39 is 0 Å². The second-order valence-corrected chi connectivity index (χ2v) is 3.50. The number of nitrogens with zero attached hydrogens (tertiary/aromatic N) is 1. The summed E-state index contributed by atoms with van der Waals surface area (Å²) in [5.41, 5.74) is 1.09. The molecule has 0 aliphatic carbocycles. The molecule has 0 saturated carbocycles. The summed E-state index contributed by atoms with van der Waals surface area (Å²) in [5.74, 6) is 0. The van der Waals surface area contributed by atoms with E-state index in [2.05, 4.69) is 0 Å². The molecular formula is C11H9NOS. The highest BCUT2D eigenvalue weighted by atomic mass is 32.1. The number of hydrogen-bond acceptors (Lipinski definition) is 1. The molecule has 0 aliphatic rings. The molecule has 0 fully saturated rings. The first-order chi connectivity index (χ1) is 6.90. The van der Waals surface area contributed by atoms with Crippen LogP contribution in [0.1, 0.15) is 0 Å². The third-order valence-electron chi connectivity index (χ3n) is 1.95. The van der Waals surface area contributed by atoms with Crippen LogP contribution in [0.4, 0.5) is 0 Å². The lowest BCUT2D eigenvalue weighted by atomic mass is 10.3. The maximum Gasteiger partial charge on any atom is 0.0966 e. The predicted octanol–water partition coefficient (Wildman–Crippen LogP) is 2.22. The summed E-state index contributed by atoms with van der Waals surface area (Å²) in [6.45, 7) is 0. The van der Waals surface area contributed by atoms with E-state index >= 15 is 0 Å². The van der Waals surface area contributed by atoms with Gasteiger partial charge in [0.1, 0.15) is 0 Å². The van der Waals surface area contributed by atoms with Gasteiger partial charge >= 0.3 is 0 Å². The van der Waals surface area contributed by atoms with Gasteiger partial charge in [0.2, 0.25) is 0 Å². The minimum absolute atomic E-state index is 0.509. The Morgan fingerprint density at radius 1 is 0.929 bits per heavy atom. The number of aromatic nitrogens is 1. The topological polar surface area (TPSA) is 22.0 Å². The van der Waals surface area contributed by atoms with E-state index in [1.807, 2.05) is 59.4 Å². The van der Waals surface area contributed by atoms with Gasteiger partial charge < -0.3 is 4.57 Å². The summed E-state index contributed by atoms with van der Waals surface area (Å²) in [6.07, 6.45) is 3.77. The van der Waals surface area contributed by atoms with Gasteiger partial charge in [0.05, 0.1) is 15.8 Å². The van der Waals surface area contributed by atoms with Crippen LogP contribution in [0.2, 0.25) is 0 Å². The molecule has 0 aliphatic heterocycles. The molecule has 2 aromatic rings. The van der Waals surface area contributed by atoms with Crippen LogP contribution in [0.5, 0.6) is 0 Å². The Kier molecular flexibility index (Phi) is 2.60. The van der Waals surface area contributed by atoms with Crippen molar-refractivity contribution in [2.24, 2.45) is 0 Å². The van der Waals surface area contributed by atoms with Crippen LogP contribution in [-0.2, 0) is 11.3 Å². The lowest BCUT2D eigenvalue weighted by molar-refractivity contribution is 0.699. The van der Waals surface area contributed by atoms with Gasteiger partial charge in [-0.3, -0.25) is 0 Å². The molecule has 2 nitrogen and oxygen atoms in total. The summed E-state index contributed by atoms with van der Waals surface area (Å²) < 4.78 is 13.2. The molecule has 3 heteroatoms. The van der Waals surface area contributed by atoms with Crippen LogP contribution < -0.4 is 0 Å². The molecular weight excluding hydrogens is 194 g/mol. The molecule has 0 radical (unpaired) electrons. The van der Waals surface area contributed by atoms with Crippen molar-refractivity contribution < 1.29 is 4.21 Å². The van der Waals surface area contributed by atoms with Gasteiger partial charge in [-0.15, -0.1) is 0 Å². The average Bonchev–Trinajstić information content (AvgIpc) is 2.30. The van der Waals surface area contributed by atoms with Crippen molar-refractivity contribution in [3.05, 3.63) is 59.4 Å². The summed E-state index contributed by atoms with van der Waals surface area (Å²) >= 11 is 0.509. The van der Waals surface area contributed by atoms with Gasteiger partial charge in [-0.2, -0.15) is 0 Å². The molecule has 0 spiro atoms. The highest BCUT2D eigenvalue weighted by Gasteiger charge is 1.90. The minimum Gasteiger partial charge on any atom is -0.324 e. The molecule has 70 valence electrons. The third kappa shape index (κ3) is 1.83. The van der Waals surface area contributed by atoms with E-state index in [1.54, 1.807) is 0 Å². The van der Waals surface area contributed by atoms with Gasteiger partial charge in [0, 0.05) is 18.1 Å². The van der Waals surface area contributed by atoms with Crippen LogP contribution in [0.15, 0.2) is 54.9 Å². The highest BCUT2D eigenvalue weighted by Crippen LogP contribution is 2.05. The Bertz CT molecular complexity index is 492. The van der Waals surface area contributed by atoms with Crippen molar-refractivity contribution in [1.29, 1.82) is 0 Å². The third-order valence-corrected chi connectivity index (χ3v) is 2.41. The van der Waals surface area contributed by atoms with E-state index in [0.29, 0.717) is 11.3 Å². The molecule has 0 saturated heterocycles. The van der Waals surface area contributed by atoms with E-state index in [-0.39, 0.29) is 0 Å². The van der Waals surface area contributed by atoms with E-state index in [1.165, 1.54) is 0 Å². The summed E-state index contributed by atoms with van der Waals surface area (Å²) in [7, 11) is 0. The first-order valence-corrected chi connectivity index (χ1v) is 5.01. The highest BCUT2D eigenvalue weighted by molar-refractivity contribution is 7.56. The number of rotatable bonds is 1. The maximum atomic E-state index is 10.5. The van der Waals surface area contributed by atoms with Crippen molar-refractivity contribution in [3.8, 4) is 5.69 Å². The zero-order valence-corrected chi connectivity index (χ0v) is 8.28. The zero-order chi connectivity index (χ0) is 9.80. The number of para-hydroxylation sites is 1. The lowest BCUT2D eigenvalue weighted by Crippen LogP contribution is -1.92. The standard InChI is InChI=1S/C11H9NOS/c13-14-11-6-8-12(9-7-11)10-4-2-1-3-5-10/h1-9H. The second kappa shape index (κ2) is 4.07. The van der Waals surface area contributed by atoms with E-state index in [0.717, 1.165) is 10.2 Å². The quantitative estimate of drug-likeness (QED) is 0.651. The molecule has 1 aromatic heterocycles. The van der Waals surface area contributed by atoms with Gasteiger partial charge in [0.15, 0.2) is 0 Å². The largest absolute Gasteiger partial charge is 0.324 e. The number of benzene rings is 1. The van der Waals surface area contributed by atoms with Crippen LogP contribution in [0, 0.1) is 4.51 Å². The molecule has 14 heavy (non-hydrogen) atoms. The van der Waals surface area contributed by atoms with Crippen molar-refractivity contribution in [2.45, 2.75) is 0 Å². The second-order valence-electron chi connectivity index (χ2n) is 2.86. The SMILES string of the molecule is O=S=c1ccn(-c2ccccc2)cc1. The molecule has 0 N–H and O–H groups in total. The van der Waals surface area contributed by atoms with Crippen LogP contribution in [0.3, 0.4) is 0 Å². The molecule has 0 bridgehead atoms. The predicted molar refractivity (Wildman–Crippen MR) is 57.2 cm³/mol. The smallest absolute Gasteiger partial charge is 0.0966 e. The van der Waals surface area contributed by atoms with E-state index in [4.69, 9.17) is 0 Å². The van der Waals surface area contributed by atoms with Gasteiger partial charge in [-0.1, -0.05) is 18.2 Å². The number of hydrogen-bond donors (Lipinski definition) is 0. The fraction of sp³-hybridized carbons (Fsp3) is 0. The van der Waals surface area contributed by atoms with Crippen molar-refractivity contribution >= 4 is 11.3 Å². The Labute approximate surface area is 85.5 Å². The molecule has 1 aromatic carbocycles. The van der Waals surface area contributed by atoms with Crippen LogP contribution in [0.25, 0.3) is 5.69 Å². The average molecular weight is 203 g/mol. The monoisotopic (exact) mass is 203 g/mol. The van der Waals surface area contributed by atoms with Gasteiger partial charge in [0.25, 0.3) is 0 Å². The normalized spacial score (nSPS) is 9.71. The van der Waals surface area contributed by atoms with Crippen LogP contribution >= 0.6 is 0 Å². The first-order valence-electron chi connectivity index (χ1n) is 4.27. The first kappa shape index (κ1) is 8.97. The summed E-state index contributed by atoms with van der Waals surface area (Å²) in [4.78, 5) is 0. The van der Waals surface area contributed by atoms with Crippen molar-refractivity contribution in [1.82, 2.24) is 4.57 Å². The molecule has 2 rings (SSSR count). The Balaban J connectivity index is 2.49. The molecule has 0 amide bonds. The van der Waals surface area contributed by atoms with Crippen molar-refractivity contribution in [2.75, 3.05) is 0 Å². The molecule has 0 atom stereocenters. The molecule has 1 heterocycles. The minimum atomic E-state index is 0.509. The summed E-state index contributed by atoms with van der Waals surface area (Å²) in [6, 6.07) is 13.6. The zero-order valence-electron chi connectivity index (χ0n) is 7.46. The number of pyridine rings is 1. The lowest BCUT2D eigenvalue weighted by Gasteiger charge is -2.04. The Morgan fingerprint density at radius 3 is 2.14 bits per heavy atom. The maximum absolute atomic E-state index is 10.5. The van der Waals surface area contributed by atoms with Gasteiger partial charge in [-0.25, -0.2) is 4.21 Å².